The van der Waals surface area contributed by atoms with E-state index in [1.807, 2.05) is 26.0 Å². The van der Waals surface area contributed by atoms with Gasteiger partial charge in [-0.3, -0.25) is 4.98 Å². The van der Waals surface area contributed by atoms with Crippen LogP contribution in [0.1, 0.15) is 27.4 Å². The van der Waals surface area contributed by atoms with Gasteiger partial charge in [-0.1, -0.05) is 0 Å². The number of carbonyl (C=O) groups excluding carboxylic acids is 1. The number of rotatable bonds is 4. The Kier molecular flexibility index (Phi) is 4.67. The first-order chi connectivity index (χ1) is 13.9. The summed E-state index contributed by atoms with van der Waals surface area (Å²) in [5, 5.41) is 6.15. The van der Waals surface area contributed by atoms with Gasteiger partial charge < -0.3 is 9.47 Å². The van der Waals surface area contributed by atoms with Gasteiger partial charge in [0.1, 0.15) is 5.56 Å². The third-order valence-electron chi connectivity index (χ3n) is 4.42. The maximum Gasteiger partial charge on any atom is 0.347 e. The van der Waals surface area contributed by atoms with Crippen molar-refractivity contribution in [3.8, 4) is 17.4 Å². The normalized spacial score (nSPS) is 10.9. The standard InChI is InChI=1S/C21H19N5O3/c1-12-7-13(2)24-21(23-12)26-11-17(14(3)25-26)20(27)29-19-9-16-10-22-6-5-15(16)8-18(19)28-4/h5-11H,1-4H3. The smallest absolute Gasteiger partial charge is 0.347 e. The molecule has 0 fully saturated rings. The Bertz CT molecular complexity index is 1210. The first-order valence-electron chi connectivity index (χ1n) is 8.97. The second-order valence-electron chi connectivity index (χ2n) is 6.64. The van der Waals surface area contributed by atoms with E-state index in [0.29, 0.717) is 28.7 Å². The van der Waals surface area contributed by atoms with Gasteiger partial charge in [-0.25, -0.2) is 19.4 Å². The molecule has 1 aromatic carbocycles. The molecule has 4 aromatic rings. The van der Waals surface area contributed by atoms with Crippen molar-refractivity contribution in [3.63, 3.8) is 0 Å². The van der Waals surface area contributed by atoms with Gasteiger partial charge in [0.25, 0.3) is 5.95 Å². The van der Waals surface area contributed by atoms with E-state index in [2.05, 4.69) is 20.1 Å². The van der Waals surface area contributed by atoms with E-state index in [-0.39, 0.29) is 0 Å². The number of ether oxygens (including phenoxy) is 2. The molecule has 8 nitrogen and oxygen atoms in total. The molecular formula is C21H19N5O3. The van der Waals surface area contributed by atoms with Crippen LogP contribution in [0.4, 0.5) is 0 Å². The molecule has 0 atom stereocenters. The minimum atomic E-state index is -0.542. The van der Waals surface area contributed by atoms with Crippen molar-refractivity contribution < 1.29 is 14.3 Å². The predicted octanol–water partition coefficient (Wildman–Crippen LogP) is 3.36. The number of nitrogens with zero attached hydrogens (tertiary/aromatic N) is 5. The molecule has 0 bridgehead atoms. The molecule has 0 radical (unpaired) electrons. The van der Waals surface area contributed by atoms with Crippen LogP contribution in [0.3, 0.4) is 0 Å². The minimum Gasteiger partial charge on any atom is -0.493 e. The summed E-state index contributed by atoms with van der Waals surface area (Å²) in [6.45, 7) is 5.49. The van der Waals surface area contributed by atoms with Gasteiger partial charge in [0.05, 0.1) is 12.8 Å². The van der Waals surface area contributed by atoms with Crippen LogP contribution in [-0.4, -0.2) is 37.8 Å². The van der Waals surface area contributed by atoms with Gasteiger partial charge >= 0.3 is 5.97 Å². The highest BCUT2D eigenvalue weighted by molar-refractivity contribution is 5.93. The lowest BCUT2D eigenvalue weighted by Crippen LogP contribution is -2.10. The molecule has 0 aliphatic carbocycles. The van der Waals surface area contributed by atoms with Gasteiger partial charge in [-0.05, 0) is 50.4 Å². The Balaban J connectivity index is 1.67. The first kappa shape index (κ1) is 18.5. The van der Waals surface area contributed by atoms with Crippen molar-refractivity contribution in [1.29, 1.82) is 0 Å². The van der Waals surface area contributed by atoms with Crippen LogP contribution in [0, 0.1) is 20.8 Å². The molecule has 0 aliphatic heterocycles. The average Bonchev–Trinajstić information content (AvgIpc) is 3.08. The summed E-state index contributed by atoms with van der Waals surface area (Å²) in [4.78, 5) is 25.7. The molecule has 0 saturated carbocycles. The van der Waals surface area contributed by atoms with Crippen molar-refractivity contribution in [2.75, 3.05) is 7.11 Å². The third kappa shape index (κ3) is 3.64. The second kappa shape index (κ2) is 7.31. The van der Waals surface area contributed by atoms with Gasteiger partial charge in [-0.2, -0.15) is 5.10 Å². The quantitative estimate of drug-likeness (QED) is 0.390. The van der Waals surface area contributed by atoms with Crippen LogP contribution in [0.5, 0.6) is 11.5 Å². The van der Waals surface area contributed by atoms with Gasteiger partial charge in [-0.15, -0.1) is 0 Å². The molecule has 4 rings (SSSR count). The van der Waals surface area contributed by atoms with Crippen LogP contribution in [0.25, 0.3) is 16.7 Å². The number of esters is 1. The lowest BCUT2D eigenvalue weighted by atomic mass is 10.1. The highest BCUT2D eigenvalue weighted by Crippen LogP contribution is 2.32. The van der Waals surface area contributed by atoms with Crippen molar-refractivity contribution in [2.45, 2.75) is 20.8 Å². The molecule has 0 amide bonds. The molecule has 0 N–H and O–H groups in total. The lowest BCUT2D eigenvalue weighted by Gasteiger charge is -2.10. The molecule has 0 spiro atoms. The van der Waals surface area contributed by atoms with Gasteiger partial charge in [0.15, 0.2) is 11.5 Å². The molecule has 0 unspecified atom stereocenters. The summed E-state index contributed by atoms with van der Waals surface area (Å²) in [5.41, 5.74) is 2.47. The topological polar surface area (TPSA) is 92.0 Å². The van der Waals surface area contributed by atoms with E-state index in [1.54, 1.807) is 37.6 Å². The Morgan fingerprint density at radius 2 is 1.72 bits per heavy atom. The van der Waals surface area contributed by atoms with E-state index in [1.165, 1.54) is 11.8 Å². The molecular weight excluding hydrogens is 370 g/mol. The largest absolute Gasteiger partial charge is 0.493 e. The van der Waals surface area contributed by atoms with Crippen molar-refractivity contribution in [2.24, 2.45) is 0 Å². The number of benzene rings is 1. The molecule has 8 heteroatoms. The number of fused-ring (bicyclic) bond motifs is 1. The number of methoxy groups -OCH3 is 1. The Hall–Kier alpha value is -3.81. The fourth-order valence-electron chi connectivity index (χ4n) is 3.06. The fourth-order valence-corrected chi connectivity index (χ4v) is 3.06. The van der Waals surface area contributed by atoms with Crippen LogP contribution in [0.15, 0.2) is 42.9 Å². The van der Waals surface area contributed by atoms with E-state index < -0.39 is 5.97 Å². The monoisotopic (exact) mass is 389 g/mol. The summed E-state index contributed by atoms with van der Waals surface area (Å²) in [6.07, 6.45) is 4.97. The Morgan fingerprint density at radius 1 is 1.00 bits per heavy atom. The Morgan fingerprint density at radius 3 is 2.45 bits per heavy atom. The summed E-state index contributed by atoms with van der Waals surface area (Å²) in [7, 11) is 1.53. The van der Waals surface area contributed by atoms with Crippen LogP contribution in [-0.2, 0) is 0 Å². The SMILES string of the molecule is COc1cc2ccncc2cc1OC(=O)c1cn(-c2nc(C)cc(C)n2)nc1C. The highest BCUT2D eigenvalue weighted by Gasteiger charge is 2.19. The molecule has 3 aromatic heterocycles. The highest BCUT2D eigenvalue weighted by atomic mass is 16.6. The first-order valence-corrected chi connectivity index (χ1v) is 8.97. The summed E-state index contributed by atoms with van der Waals surface area (Å²) >= 11 is 0. The zero-order valence-electron chi connectivity index (χ0n) is 16.5. The summed E-state index contributed by atoms with van der Waals surface area (Å²) < 4.78 is 12.5. The van der Waals surface area contributed by atoms with E-state index in [9.17, 15) is 4.79 Å². The molecule has 29 heavy (non-hydrogen) atoms. The zero-order chi connectivity index (χ0) is 20.5. The van der Waals surface area contributed by atoms with Crippen LogP contribution >= 0.6 is 0 Å². The third-order valence-corrected chi connectivity index (χ3v) is 4.42. The van der Waals surface area contributed by atoms with Gasteiger partial charge in [0, 0.05) is 35.4 Å². The lowest BCUT2D eigenvalue weighted by molar-refractivity contribution is 0.0729. The van der Waals surface area contributed by atoms with Crippen molar-refractivity contribution >= 4 is 16.7 Å². The van der Waals surface area contributed by atoms with Crippen LogP contribution < -0.4 is 9.47 Å². The summed E-state index contributed by atoms with van der Waals surface area (Å²) in [5.74, 6) is 0.631. The van der Waals surface area contributed by atoms with Crippen molar-refractivity contribution in [3.05, 3.63) is 65.5 Å². The number of hydrogen-bond acceptors (Lipinski definition) is 7. The number of aryl methyl sites for hydroxylation is 3. The number of aromatic nitrogens is 5. The molecule has 146 valence electrons. The number of hydrogen-bond donors (Lipinski definition) is 0. The molecule has 0 saturated heterocycles. The Labute approximate surface area is 167 Å². The fraction of sp³-hybridized carbons (Fsp3) is 0.190. The van der Waals surface area contributed by atoms with E-state index >= 15 is 0 Å². The van der Waals surface area contributed by atoms with Crippen molar-refractivity contribution in [1.82, 2.24) is 24.7 Å². The van der Waals surface area contributed by atoms with Crippen LogP contribution in [0.2, 0.25) is 0 Å². The molecule has 0 aliphatic rings. The van der Waals surface area contributed by atoms with Gasteiger partial charge in [0.2, 0.25) is 0 Å². The second-order valence-corrected chi connectivity index (χ2v) is 6.64. The zero-order valence-corrected chi connectivity index (χ0v) is 16.5. The predicted molar refractivity (Wildman–Crippen MR) is 107 cm³/mol. The maximum atomic E-state index is 12.8. The maximum absolute atomic E-state index is 12.8. The average molecular weight is 389 g/mol. The number of pyridine rings is 1. The number of carbonyl (C=O) groups is 1. The molecule has 3 heterocycles. The van der Waals surface area contributed by atoms with E-state index in [4.69, 9.17) is 9.47 Å². The summed E-state index contributed by atoms with van der Waals surface area (Å²) in [6, 6.07) is 7.27. The van der Waals surface area contributed by atoms with E-state index in [0.717, 1.165) is 22.2 Å². The minimum absolute atomic E-state index is 0.313.